The highest BCUT2D eigenvalue weighted by Crippen LogP contribution is 2.05. The topological polar surface area (TPSA) is 68.0 Å². The standard InChI is InChI=1S/C15H15N3OS/c16-15(20)12-6-4-11(5-7-12)9-14(19)18-10-13-3-1-2-8-17-13/h1-8H,9-10H2,(H2,16,20)(H,18,19). The molecule has 1 aromatic carbocycles. The van der Waals surface area contributed by atoms with Crippen LogP contribution in [-0.2, 0) is 17.8 Å². The third kappa shape index (κ3) is 4.13. The minimum Gasteiger partial charge on any atom is -0.389 e. The van der Waals surface area contributed by atoms with Crippen molar-refractivity contribution in [3.05, 3.63) is 65.5 Å². The number of hydrogen-bond acceptors (Lipinski definition) is 3. The van der Waals surface area contributed by atoms with Crippen molar-refractivity contribution in [3.63, 3.8) is 0 Å². The van der Waals surface area contributed by atoms with Gasteiger partial charge in [-0.1, -0.05) is 42.5 Å². The van der Waals surface area contributed by atoms with Gasteiger partial charge >= 0.3 is 0 Å². The Balaban J connectivity index is 1.86. The molecule has 0 saturated heterocycles. The molecule has 102 valence electrons. The quantitative estimate of drug-likeness (QED) is 0.818. The first kappa shape index (κ1) is 14.1. The van der Waals surface area contributed by atoms with E-state index in [1.807, 2.05) is 42.5 Å². The van der Waals surface area contributed by atoms with Crippen molar-refractivity contribution in [2.24, 2.45) is 5.73 Å². The lowest BCUT2D eigenvalue weighted by Crippen LogP contribution is -2.25. The number of hydrogen-bond donors (Lipinski definition) is 2. The summed E-state index contributed by atoms with van der Waals surface area (Å²) < 4.78 is 0. The van der Waals surface area contributed by atoms with Crippen LogP contribution in [0.4, 0.5) is 0 Å². The molecule has 0 bridgehead atoms. The number of rotatable bonds is 5. The smallest absolute Gasteiger partial charge is 0.224 e. The third-order valence-corrected chi connectivity index (χ3v) is 3.03. The van der Waals surface area contributed by atoms with Crippen LogP contribution in [0.5, 0.6) is 0 Å². The number of thiocarbonyl (C=S) groups is 1. The first-order valence-electron chi connectivity index (χ1n) is 6.20. The molecule has 1 aromatic heterocycles. The molecule has 2 aromatic rings. The fraction of sp³-hybridized carbons (Fsp3) is 0.133. The number of carbonyl (C=O) groups is 1. The van der Waals surface area contributed by atoms with E-state index in [9.17, 15) is 4.79 Å². The van der Waals surface area contributed by atoms with Gasteiger partial charge in [0.15, 0.2) is 0 Å². The number of carbonyl (C=O) groups excluding carboxylic acids is 1. The van der Waals surface area contributed by atoms with Crippen LogP contribution in [0.3, 0.4) is 0 Å². The molecule has 0 aliphatic carbocycles. The van der Waals surface area contributed by atoms with Crippen molar-refractivity contribution in [2.75, 3.05) is 0 Å². The summed E-state index contributed by atoms with van der Waals surface area (Å²) in [5.74, 6) is -0.0428. The molecule has 0 saturated carbocycles. The van der Waals surface area contributed by atoms with Gasteiger partial charge in [-0.2, -0.15) is 0 Å². The van der Waals surface area contributed by atoms with E-state index in [0.717, 1.165) is 16.8 Å². The molecule has 0 spiro atoms. The molecule has 1 heterocycles. The molecule has 5 heteroatoms. The first-order chi connectivity index (χ1) is 9.65. The molecule has 0 radical (unpaired) electrons. The molecular formula is C15H15N3OS. The Morgan fingerprint density at radius 1 is 1.20 bits per heavy atom. The molecule has 0 aliphatic rings. The van der Waals surface area contributed by atoms with Gasteiger partial charge in [0.2, 0.25) is 5.91 Å². The minimum atomic E-state index is -0.0428. The number of nitrogens with one attached hydrogen (secondary N) is 1. The van der Waals surface area contributed by atoms with Gasteiger partial charge in [-0.25, -0.2) is 0 Å². The van der Waals surface area contributed by atoms with Crippen LogP contribution in [0.1, 0.15) is 16.8 Å². The Kier molecular flexibility index (Phi) is 4.79. The van der Waals surface area contributed by atoms with Crippen molar-refractivity contribution >= 4 is 23.1 Å². The van der Waals surface area contributed by atoms with E-state index in [-0.39, 0.29) is 5.91 Å². The van der Waals surface area contributed by atoms with E-state index in [2.05, 4.69) is 10.3 Å². The Morgan fingerprint density at radius 3 is 2.55 bits per heavy atom. The molecule has 4 nitrogen and oxygen atoms in total. The average Bonchev–Trinajstić information content (AvgIpc) is 2.47. The number of nitrogens with two attached hydrogens (primary N) is 1. The van der Waals surface area contributed by atoms with E-state index in [4.69, 9.17) is 18.0 Å². The van der Waals surface area contributed by atoms with Gasteiger partial charge in [0, 0.05) is 11.8 Å². The van der Waals surface area contributed by atoms with E-state index in [1.165, 1.54) is 0 Å². The van der Waals surface area contributed by atoms with Gasteiger partial charge in [0.25, 0.3) is 0 Å². The molecule has 20 heavy (non-hydrogen) atoms. The molecule has 0 unspecified atom stereocenters. The number of amides is 1. The summed E-state index contributed by atoms with van der Waals surface area (Å²) in [4.78, 5) is 16.3. The van der Waals surface area contributed by atoms with Gasteiger partial charge in [0.05, 0.1) is 18.7 Å². The van der Waals surface area contributed by atoms with Crippen LogP contribution in [0, 0.1) is 0 Å². The maximum Gasteiger partial charge on any atom is 0.224 e. The second kappa shape index (κ2) is 6.77. The SMILES string of the molecule is NC(=S)c1ccc(CC(=O)NCc2ccccn2)cc1. The van der Waals surface area contributed by atoms with Crippen LogP contribution < -0.4 is 11.1 Å². The Bertz CT molecular complexity index is 596. The Morgan fingerprint density at radius 2 is 1.95 bits per heavy atom. The summed E-state index contributed by atoms with van der Waals surface area (Å²) in [6, 6.07) is 13.0. The zero-order valence-electron chi connectivity index (χ0n) is 10.9. The minimum absolute atomic E-state index is 0.0428. The monoisotopic (exact) mass is 285 g/mol. The van der Waals surface area contributed by atoms with E-state index < -0.39 is 0 Å². The van der Waals surface area contributed by atoms with Crippen molar-refractivity contribution < 1.29 is 4.79 Å². The zero-order chi connectivity index (χ0) is 14.4. The number of pyridine rings is 1. The fourth-order valence-corrected chi connectivity index (χ4v) is 1.86. The van der Waals surface area contributed by atoms with Crippen LogP contribution in [0.15, 0.2) is 48.7 Å². The molecular weight excluding hydrogens is 270 g/mol. The van der Waals surface area contributed by atoms with E-state index in [0.29, 0.717) is 18.0 Å². The van der Waals surface area contributed by atoms with Crippen molar-refractivity contribution in [1.29, 1.82) is 0 Å². The molecule has 2 rings (SSSR count). The van der Waals surface area contributed by atoms with Crippen molar-refractivity contribution in [1.82, 2.24) is 10.3 Å². The highest BCUT2D eigenvalue weighted by atomic mass is 32.1. The van der Waals surface area contributed by atoms with Gasteiger partial charge in [0.1, 0.15) is 4.99 Å². The largest absolute Gasteiger partial charge is 0.389 e. The van der Waals surface area contributed by atoms with Gasteiger partial charge in [-0.05, 0) is 17.7 Å². The maximum absolute atomic E-state index is 11.8. The van der Waals surface area contributed by atoms with Gasteiger partial charge in [-0.3, -0.25) is 9.78 Å². The normalized spacial score (nSPS) is 10.0. The van der Waals surface area contributed by atoms with Gasteiger partial charge < -0.3 is 11.1 Å². The second-order valence-corrected chi connectivity index (χ2v) is 4.78. The highest BCUT2D eigenvalue weighted by Gasteiger charge is 2.04. The number of benzene rings is 1. The Hall–Kier alpha value is -2.27. The lowest BCUT2D eigenvalue weighted by Gasteiger charge is -2.05. The zero-order valence-corrected chi connectivity index (χ0v) is 11.7. The summed E-state index contributed by atoms with van der Waals surface area (Å²) in [5, 5.41) is 2.83. The number of nitrogens with zero attached hydrogens (tertiary/aromatic N) is 1. The predicted molar refractivity (Wildman–Crippen MR) is 82.1 cm³/mol. The highest BCUT2D eigenvalue weighted by molar-refractivity contribution is 7.80. The molecule has 0 aliphatic heterocycles. The number of aromatic nitrogens is 1. The summed E-state index contributed by atoms with van der Waals surface area (Å²) in [6.07, 6.45) is 2.03. The summed E-state index contributed by atoms with van der Waals surface area (Å²) in [7, 11) is 0. The summed E-state index contributed by atoms with van der Waals surface area (Å²) in [6.45, 7) is 0.435. The third-order valence-electron chi connectivity index (χ3n) is 2.80. The molecule has 1 amide bonds. The fourth-order valence-electron chi connectivity index (χ4n) is 1.73. The summed E-state index contributed by atoms with van der Waals surface area (Å²) >= 11 is 4.88. The van der Waals surface area contributed by atoms with Crippen molar-refractivity contribution in [3.8, 4) is 0 Å². The molecule has 0 atom stereocenters. The lowest BCUT2D eigenvalue weighted by molar-refractivity contribution is -0.120. The Labute approximate surface area is 123 Å². The maximum atomic E-state index is 11.8. The van der Waals surface area contributed by atoms with Crippen LogP contribution in [0.25, 0.3) is 0 Å². The summed E-state index contributed by atoms with van der Waals surface area (Å²) in [5.41, 5.74) is 8.08. The average molecular weight is 285 g/mol. The van der Waals surface area contributed by atoms with E-state index >= 15 is 0 Å². The predicted octanol–water partition coefficient (Wildman–Crippen LogP) is 1.57. The van der Waals surface area contributed by atoms with Crippen molar-refractivity contribution in [2.45, 2.75) is 13.0 Å². The molecule has 3 N–H and O–H groups in total. The van der Waals surface area contributed by atoms with Crippen LogP contribution in [0.2, 0.25) is 0 Å². The van der Waals surface area contributed by atoms with E-state index in [1.54, 1.807) is 6.20 Å². The first-order valence-corrected chi connectivity index (χ1v) is 6.61. The van der Waals surface area contributed by atoms with Gasteiger partial charge in [-0.15, -0.1) is 0 Å². The van der Waals surface area contributed by atoms with Crippen LogP contribution >= 0.6 is 12.2 Å². The lowest BCUT2D eigenvalue weighted by atomic mass is 10.1. The molecule has 0 fully saturated rings. The van der Waals surface area contributed by atoms with Crippen LogP contribution in [-0.4, -0.2) is 15.9 Å². The second-order valence-electron chi connectivity index (χ2n) is 4.34.